The molecular weight excluding hydrogens is 486 g/mol. The van der Waals surface area contributed by atoms with Crippen molar-refractivity contribution in [1.82, 2.24) is 10.3 Å². The number of nitrogens with one attached hydrogen (secondary N) is 3. The van der Waals surface area contributed by atoms with Gasteiger partial charge in [0, 0.05) is 28.5 Å². The molecule has 4 N–H and O–H groups in total. The van der Waals surface area contributed by atoms with Crippen LogP contribution in [0.2, 0.25) is 0 Å². The first-order valence-electron chi connectivity index (χ1n) is 12.2. The number of sulfonamides is 1. The lowest BCUT2D eigenvalue weighted by Crippen LogP contribution is -2.32. The second-order valence-corrected chi connectivity index (χ2v) is 10.6. The van der Waals surface area contributed by atoms with E-state index in [2.05, 4.69) is 21.1 Å². The van der Waals surface area contributed by atoms with Crippen LogP contribution >= 0.6 is 0 Å². The number of benzene rings is 4. The molecule has 1 aromatic heterocycles. The third kappa shape index (κ3) is 5.94. The molecule has 0 radical (unpaired) electrons. The maximum absolute atomic E-state index is 12.5. The molecule has 0 saturated carbocycles. The highest BCUT2D eigenvalue weighted by Gasteiger charge is 2.14. The molecule has 8 heteroatoms. The summed E-state index contributed by atoms with van der Waals surface area (Å²) in [6.07, 6.45) is 0.0868. The lowest BCUT2D eigenvalue weighted by atomic mass is 10.1. The number of rotatable bonds is 11. The van der Waals surface area contributed by atoms with Gasteiger partial charge in [0.2, 0.25) is 0 Å². The van der Waals surface area contributed by atoms with Crippen LogP contribution in [0.3, 0.4) is 0 Å². The third-order valence-electron chi connectivity index (χ3n) is 6.15. The fourth-order valence-corrected chi connectivity index (χ4v) is 5.37. The first-order chi connectivity index (χ1) is 18.0. The molecule has 0 saturated heterocycles. The van der Waals surface area contributed by atoms with Crippen molar-refractivity contribution in [2.24, 2.45) is 0 Å². The summed E-state index contributed by atoms with van der Waals surface area (Å²) in [5, 5.41) is 15.8. The molecule has 5 rings (SSSR count). The Bertz CT molecular complexity index is 1580. The van der Waals surface area contributed by atoms with E-state index in [-0.39, 0.29) is 11.5 Å². The molecule has 0 aliphatic heterocycles. The molecule has 0 aliphatic rings. The van der Waals surface area contributed by atoms with Gasteiger partial charge in [-0.15, -0.1) is 0 Å². The molecule has 0 fully saturated rings. The maximum atomic E-state index is 12.5. The van der Waals surface area contributed by atoms with Gasteiger partial charge in [0.05, 0.1) is 10.4 Å². The molecule has 0 bridgehead atoms. The van der Waals surface area contributed by atoms with E-state index in [1.807, 2.05) is 48.5 Å². The number of para-hydroxylation sites is 1. The zero-order valence-electron chi connectivity index (χ0n) is 20.2. The van der Waals surface area contributed by atoms with Gasteiger partial charge in [-0.05, 0) is 61.0 Å². The number of anilines is 1. The summed E-state index contributed by atoms with van der Waals surface area (Å²) in [5.41, 5.74) is 3.63. The van der Waals surface area contributed by atoms with Crippen molar-refractivity contribution in [1.29, 1.82) is 0 Å². The Morgan fingerprint density at radius 1 is 0.838 bits per heavy atom. The number of ether oxygens (including phenoxy) is 1. The van der Waals surface area contributed by atoms with E-state index < -0.39 is 16.1 Å². The van der Waals surface area contributed by atoms with Crippen LogP contribution in [-0.2, 0) is 16.4 Å². The minimum Gasteiger partial charge on any atom is -0.490 e. The quantitative estimate of drug-likeness (QED) is 0.191. The molecule has 1 unspecified atom stereocenters. The zero-order valence-corrected chi connectivity index (χ0v) is 21.0. The first-order valence-corrected chi connectivity index (χ1v) is 13.7. The minimum absolute atomic E-state index is 0.182. The van der Waals surface area contributed by atoms with Crippen LogP contribution in [0.1, 0.15) is 5.56 Å². The van der Waals surface area contributed by atoms with Gasteiger partial charge in [0.1, 0.15) is 18.5 Å². The van der Waals surface area contributed by atoms with Gasteiger partial charge < -0.3 is 20.1 Å². The summed E-state index contributed by atoms with van der Waals surface area (Å²) in [4.78, 5) is 3.62. The van der Waals surface area contributed by atoms with Crippen molar-refractivity contribution in [3.8, 4) is 5.75 Å². The van der Waals surface area contributed by atoms with E-state index in [4.69, 9.17) is 4.74 Å². The Morgan fingerprint density at radius 3 is 2.38 bits per heavy atom. The van der Waals surface area contributed by atoms with Gasteiger partial charge in [-0.3, -0.25) is 4.72 Å². The van der Waals surface area contributed by atoms with Crippen LogP contribution in [0, 0.1) is 0 Å². The smallest absolute Gasteiger partial charge is 0.261 e. The van der Waals surface area contributed by atoms with E-state index in [0.29, 0.717) is 18.8 Å². The molecule has 37 heavy (non-hydrogen) atoms. The van der Waals surface area contributed by atoms with Crippen LogP contribution in [0.5, 0.6) is 5.75 Å². The van der Waals surface area contributed by atoms with Crippen molar-refractivity contribution in [2.75, 3.05) is 24.4 Å². The number of aromatic nitrogens is 1. The highest BCUT2D eigenvalue weighted by Crippen LogP contribution is 2.33. The second-order valence-electron chi connectivity index (χ2n) is 8.88. The Labute approximate surface area is 216 Å². The third-order valence-corrected chi connectivity index (χ3v) is 7.55. The van der Waals surface area contributed by atoms with E-state index >= 15 is 0 Å². The van der Waals surface area contributed by atoms with Gasteiger partial charge in [-0.25, -0.2) is 8.42 Å². The summed E-state index contributed by atoms with van der Waals surface area (Å²) in [7, 11) is -3.61. The van der Waals surface area contributed by atoms with E-state index in [9.17, 15) is 13.5 Å². The summed E-state index contributed by atoms with van der Waals surface area (Å²) in [6.45, 7) is 1.25. The van der Waals surface area contributed by atoms with Crippen molar-refractivity contribution in [2.45, 2.75) is 17.4 Å². The van der Waals surface area contributed by atoms with E-state index in [1.165, 1.54) is 0 Å². The van der Waals surface area contributed by atoms with Crippen molar-refractivity contribution < 1.29 is 18.3 Å². The second kappa shape index (κ2) is 11.0. The average molecular weight is 516 g/mol. The molecule has 190 valence electrons. The number of H-pyrrole nitrogens is 1. The molecular formula is C29H29N3O4S. The number of hydrogen-bond acceptors (Lipinski definition) is 5. The molecule has 0 amide bonds. The minimum atomic E-state index is -3.61. The van der Waals surface area contributed by atoms with Gasteiger partial charge in [-0.1, -0.05) is 54.6 Å². The summed E-state index contributed by atoms with van der Waals surface area (Å²) in [5.74, 6) is 0.747. The fraction of sp³-hybridized carbons (Fsp3) is 0.172. The standard InChI is InChI=1S/C29H29N3O4S/c33-23(20-36-28-12-6-11-27-29(28)25-9-4-5-10-26(25)31-27)19-30-18-17-21-13-15-22(16-14-21)32-37(34,35)24-7-2-1-3-8-24/h1-16,23,30-33H,17-20H2. The molecule has 4 aromatic carbocycles. The van der Waals surface area contributed by atoms with Gasteiger partial charge in [0.25, 0.3) is 10.0 Å². The number of aromatic amines is 1. The lowest BCUT2D eigenvalue weighted by molar-refractivity contribution is 0.107. The SMILES string of the molecule is O=S(=O)(Nc1ccc(CCNCC(O)COc2cccc3[nH]c4ccccc4c23)cc1)c1ccccc1. The Morgan fingerprint density at radius 2 is 1.57 bits per heavy atom. The number of fused-ring (bicyclic) bond motifs is 3. The van der Waals surface area contributed by atoms with Crippen molar-refractivity contribution in [3.63, 3.8) is 0 Å². The lowest BCUT2D eigenvalue weighted by Gasteiger charge is -2.14. The van der Waals surface area contributed by atoms with E-state index in [1.54, 1.807) is 42.5 Å². The number of aliphatic hydroxyl groups is 1. The highest BCUT2D eigenvalue weighted by molar-refractivity contribution is 7.92. The molecule has 0 aliphatic carbocycles. The number of hydrogen-bond donors (Lipinski definition) is 4. The zero-order chi connectivity index (χ0) is 25.7. The van der Waals surface area contributed by atoms with Crippen molar-refractivity contribution in [3.05, 3.63) is 103 Å². The summed E-state index contributed by atoms with van der Waals surface area (Å²) in [6, 6.07) is 29.6. The Hall–Kier alpha value is -3.85. The molecule has 1 heterocycles. The van der Waals surface area contributed by atoms with Crippen molar-refractivity contribution >= 4 is 37.5 Å². The van der Waals surface area contributed by atoms with Crippen LogP contribution in [-0.4, -0.2) is 44.3 Å². The van der Waals surface area contributed by atoms with Gasteiger partial charge in [0.15, 0.2) is 0 Å². The molecule has 1 atom stereocenters. The fourth-order valence-electron chi connectivity index (χ4n) is 4.29. The van der Waals surface area contributed by atoms with Crippen LogP contribution < -0.4 is 14.8 Å². The van der Waals surface area contributed by atoms with Gasteiger partial charge in [-0.2, -0.15) is 0 Å². The first kappa shape index (κ1) is 24.8. The average Bonchev–Trinajstić information content (AvgIpc) is 3.30. The predicted octanol–water partition coefficient (Wildman–Crippen LogP) is 4.69. The Kier molecular flexibility index (Phi) is 7.41. The van der Waals surface area contributed by atoms with Crippen LogP contribution in [0.25, 0.3) is 21.8 Å². The monoisotopic (exact) mass is 515 g/mol. The van der Waals surface area contributed by atoms with Crippen LogP contribution in [0.15, 0.2) is 102 Å². The normalized spacial score (nSPS) is 12.6. The maximum Gasteiger partial charge on any atom is 0.261 e. The molecule has 5 aromatic rings. The predicted molar refractivity (Wildman–Crippen MR) is 148 cm³/mol. The molecule has 0 spiro atoms. The number of aliphatic hydroxyl groups excluding tert-OH is 1. The van der Waals surface area contributed by atoms with E-state index in [0.717, 1.165) is 39.5 Å². The summed E-state index contributed by atoms with van der Waals surface area (Å²) >= 11 is 0. The summed E-state index contributed by atoms with van der Waals surface area (Å²) < 4.78 is 33.5. The van der Waals surface area contributed by atoms with Crippen LogP contribution in [0.4, 0.5) is 5.69 Å². The topological polar surface area (TPSA) is 103 Å². The van der Waals surface area contributed by atoms with Gasteiger partial charge >= 0.3 is 0 Å². The largest absolute Gasteiger partial charge is 0.490 e. The molecule has 7 nitrogen and oxygen atoms in total. The highest BCUT2D eigenvalue weighted by atomic mass is 32.2. The Balaban J connectivity index is 1.08.